The fraction of sp³-hybridized carbons (Fsp3) is 0.533. The summed E-state index contributed by atoms with van der Waals surface area (Å²) in [7, 11) is -2.26. The highest BCUT2D eigenvalue weighted by atomic mass is 28.4. The van der Waals surface area contributed by atoms with Crippen LogP contribution in [-0.4, -0.2) is 20.7 Å². The molecule has 0 aromatic heterocycles. The number of hydrogen-bond acceptors (Lipinski definition) is 2. The lowest BCUT2D eigenvalue weighted by molar-refractivity contribution is -0.114. The Labute approximate surface area is 124 Å². The number of aldehydes is 1. The highest BCUT2D eigenvalue weighted by Gasteiger charge is 2.39. The second-order valence-electron chi connectivity index (χ2n) is 6.58. The first-order valence-electron chi connectivity index (χ1n) is 6.75. The molecule has 2 nitrogen and oxygen atoms in total. The fourth-order valence-corrected chi connectivity index (χ4v) is 2.88. The van der Waals surface area contributed by atoms with E-state index in [0.717, 1.165) is 12.1 Å². The van der Waals surface area contributed by atoms with Crippen LogP contribution < -0.4 is 0 Å². The summed E-state index contributed by atoms with van der Waals surface area (Å²) in [6.45, 7) is 9.84. The van der Waals surface area contributed by atoms with Gasteiger partial charge in [-0.1, -0.05) is 20.8 Å². The van der Waals surface area contributed by atoms with E-state index in [1.165, 1.54) is 0 Å². The zero-order valence-electron chi connectivity index (χ0n) is 13.0. The molecular formula is C15H21F3O2Si. The monoisotopic (exact) mass is 318 g/mol. The average molecular weight is 318 g/mol. The molecule has 0 fully saturated rings. The number of benzene rings is 1. The number of carbonyl (C=O) groups excluding carboxylic acids is 1. The van der Waals surface area contributed by atoms with Crippen LogP contribution in [0.1, 0.15) is 26.3 Å². The molecule has 0 aliphatic heterocycles. The Hall–Kier alpha value is -1.14. The third-order valence-electron chi connectivity index (χ3n) is 3.95. The van der Waals surface area contributed by atoms with Gasteiger partial charge in [0.15, 0.2) is 20.0 Å². The molecule has 0 saturated carbocycles. The van der Waals surface area contributed by atoms with Crippen molar-refractivity contribution in [3.8, 4) is 0 Å². The second-order valence-corrected chi connectivity index (χ2v) is 11.3. The summed E-state index contributed by atoms with van der Waals surface area (Å²) in [5, 5.41) is -0.146. The molecule has 118 valence electrons. The van der Waals surface area contributed by atoms with Gasteiger partial charge in [-0.2, -0.15) is 0 Å². The lowest BCUT2D eigenvalue weighted by Crippen LogP contribution is -2.45. The average Bonchev–Trinajstić information content (AvgIpc) is 2.36. The van der Waals surface area contributed by atoms with Crippen molar-refractivity contribution < 1.29 is 22.4 Å². The van der Waals surface area contributed by atoms with Gasteiger partial charge in [0.05, 0.1) is 0 Å². The van der Waals surface area contributed by atoms with E-state index in [-0.39, 0.29) is 11.5 Å². The van der Waals surface area contributed by atoms with Crippen LogP contribution in [-0.2, 0) is 15.6 Å². The van der Waals surface area contributed by atoms with Crippen LogP contribution >= 0.6 is 0 Å². The fourth-order valence-electron chi connectivity index (χ4n) is 1.63. The van der Waals surface area contributed by atoms with Crippen molar-refractivity contribution in [2.75, 3.05) is 0 Å². The highest BCUT2D eigenvalue weighted by Crippen LogP contribution is 2.37. The highest BCUT2D eigenvalue weighted by molar-refractivity contribution is 6.74. The van der Waals surface area contributed by atoms with Gasteiger partial charge in [-0.25, -0.2) is 13.2 Å². The lowest BCUT2D eigenvalue weighted by Gasteiger charge is -2.38. The van der Waals surface area contributed by atoms with Gasteiger partial charge in [0.1, 0.15) is 18.2 Å². The molecule has 0 spiro atoms. The molecule has 21 heavy (non-hydrogen) atoms. The van der Waals surface area contributed by atoms with E-state index in [4.69, 9.17) is 4.43 Å². The van der Waals surface area contributed by atoms with E-state index in [2.05, 4.69) is 0 Å². The molecule has 1 aromatic rings. The molecule has 1 rings (SSSR count). The Morgan fingerprint density at radius 2 is 1.71 bits per heavy atom. The van der Waals surface area contributed by atoms with Crippen LogP contribution in [0.3, 0.4) is 0 Å². The van der Waals surface area contributed by atoms with E-state index in [1.54, 1.807) is 0 Å². The number of carbonyl (C=O) groups is 1. The van der Waals surface area contributed by atoms with Crippen LogP contribution in [0.4, 0.5) is 13.2 Å². The van der Waals surface area contributed by atoms with Crippen LogP contribution in [0.15, 0.2) is 12.1 Å². The van der Waals surface area contributed by atoms with Crippen LogP contribution in [0.5, 0.6) is 0 Å². The summed E-state index contributed by atoms with van der Waals surface area (Å²) >= 11 is 0. The predicted molar refractivity (Wildman–Crippen MR) is 78.2 cm³/mol. The van der Waals surface area contributed by atoms with E-state index in [0.29, 0.717) is 6.29 Å². The molecule has 0 N–H and O–H groups in total. The van der Waals surface area contributed by atoms with Gasteiger partial charge in [-0.15, -0.1) is 0 Å². The Morgan fingerprint density at radius 1 is 1.19 bits per heavy atom. The second kappa shape index (κ2) is 6.32. The topological polar surface area (TPSA) is 26.3 Å². The molecule has 0 saturated heterocycles. The van der Waals surface area contributed by atoms with E-state index < -0.39 is 37.4 Å². The number of rotatable bonds is 5. The van der Waals surface area contributed by atoms with Gasteiger partial charge in [0, 0.05) is 12.0 Å². The summed E-state index contributed by atoms with van der Waals surface area (Å²) < 4.78 is 46.3. The maximum absolute atomic E-state index is 13.7. The first-order chi connectivity index (χ1) is 9.49. The van der Waals surface area contributed by atoms with Gasteiger partial charge in [-0.3, -0.25) is 0 Å². The van der Waals surface area contributed by atoms with E-state index >= 15 is 0 Å². The summed E-state index contributed by atoms with van der Waals surface area (Å²) in [5.41, 5.74) is -0.453. The Kier molecular flexibility index (Phi) is 5.39. The smallest absolute Gasteiger partial charge is 0.193 e. The van der Waals surface area contributed by atoms with Gasteiger partial charge >= 0.3 is 0 Å². The Balaban J connectivity index is 3.00. The van der Waals surface area contributed by atoms with Crippen LogP contribution in [0.25, 0.3) is 0 Å². The Bertz CT molecular complexity index is 524. The third kappa shape index (κ3) is 4.17. The lowest BCUT2D eigenvalue weighted by atomic mass is 10.1. The molecule has 0 aliphatic carbocycles. The van der Waals surface area contributed by atoms with Crippen LogP contribution in [0.2, 0.25) is 18.1 Å². The van der Waals surface area contributed by atoms with E-state index in [9.17, 15) is 18.0 Å². The molecule has 0 aliphatic rings. The molecular weight excluding hydrogens is 297 g/mol. The number of halogens is 3. The first-order valence-corrected chi connectivity index (χ1v) is 9.66. The summed E-state index contributed by atoms with van der Waals surface area (Å²) in [6, 6.07) is 1.57. The zero-order valence-corrected chi connectivity index (χ0v) is 14.0. The SMILES string of the molecule is CC(C)(C)[Si](C)(C)OC(C=O)Cc1c(F)ccc(F)c1F. The van der Waals surface area contributed by atoms with Crippen molar-refractivity contribution in [3.63, 3.8) is 0 Å². The normalized spacial score (nSPS) is 14.1. The number of hydrogen-bond donors (Lipinski definition) is 0. The maximum atomic E-state index is 13.7. The molecule has 0 amide bonds. The summed E-state index contributed by atoms with van der Waals surface area (Å²) in [6.07, 6.45) is -0.785. The Morgan fingerprint density at radius 3 is 2.19 bits per heavy atom. The minimum absolute atomic E-state index is 0.146. The van der Waals surface area contributed by atoms with Crippen molar-refractivity contribution in [1.29, 1.82) is 0 Å². The molecule has 1 aromatic carbocycles. The van der Waals surface area contributed by atoms with Crippen molar-refractivity contribution >= 4 is 14.6 Å². The van der Waals surface area contributed by atoms with Gasteiger partial charge in [-0.05, 0) is 30.3 Å². The van der Waals surface area contributed by atoms with Gasteiger partial charge < -0.3 is 9.22 Å². The minimum Gasteiger partial charge on any atom is -0.407 e. The van der Waals surface area contributed by atoms with Gasteiger partial charge in [0.2, 0.25) is 0 Å². The minimum atomic E-state index is -2.26. The maximum Gasteiger partial charge on any atom is 0.193 e. The summed E-state index contributed by atoms with van der Waals surface area (Å²) in [4.78, 5) is 11.2. The molecule has 0 heterocycles. The molecule has 1 atom stereocenters. The quantitative estimate of drug-likeness (QED) is 0.461. The predicted octanol–water partition coefficient (Wildman–Crippen LogP) is 4.24. The van der Waals surface area contributed by atoms with Crippen molar-refractivity contribution in [2.24, 2.45) is 0 Å². The van der Waals surface area contributed by atoms with Crippen molar-refractivity contribution in [3.05, 3.63) is 35.1 Å². The van der Waals surface area contributed by atoms with Crippen molar-refractivity contribution in [1.82, 2.24) is 0 Å². The standard InChI is InChI=1S/C15H21F3O2Si/c1-15(2,3)21(4,5)20-10(9-19)8-11-12(16)6-7-13(17)14(11)18/h6-7,9-10H,8H2,1-5H3. The molecule has 0 bridgehead atoms. The third-order valence-corrected chi connectivity index (χ3v) is 8.45. The first kappa shape index (κ1) is 17.9. The van der Waals surface area contributed by atoms with Gasteiger partial charge in [0.25, 0.3) is 0 Å². The zero-order chi connectivity index (χ0) is 16.4. The van der Waals surface area contributed by atoms with Crippen molar-refractivity contribution in [2.45, 2.75) is 51.4 Å². The summed E-state index contributed by atoms with van der Waals surface area (Å²) in [5.74, 6) is -3.27. The van der Waals surface area contributed by atoms with Crippen LogP contribution in [0, 0.1) is 17.5 Å². The molecule has 6 heteroatoms. The molecule has 0 radical (unpaired) electrons. The largest absolute Gasteiger partial charge is 0.407 e. The van der Waals surface area contributed by atoms with E-state index in [1.807, 2.05) is 33.9 Å². The molecule has 1 unspecified atom stereocenters.